The van der Waals surface area contributed by atoms with Crippen LogP contribution in [0.3, 0.4) is 0 Å². The highest BCUT2D eigenvalue weighted by Crippen LogP contribution is 2.44. The third-order valence-corrected chi connectivity index (χ3v) is 40.7. The van der Waals surface area contributed by atoms with Crippen molar-refractivity contribution >= 4 is 167 Å². The van der Waals surface area contributed by atoms with E-state index >= 15 is 0 Å². The second kappa shape index (κ2) is 45.5. The van der Waals surface area contributed by atoms with Crippen molar-refractivity contribution in [2.24, 2.45) is 0 Å². The molecule has 0 spiro atoms. The molecule has 0 aliphatic carbocycles. The second-order valence-corrected chi connectivity index (χ2v) is 50.3. The molecular formula is C107H119Cl5N10O21S5. The van der Waals surface area contributed by atoms with E-state index < -0.39 is 56.2 Å². The molecule has 148 heavy (non-hydrogen) atoms. The fourth-order valence-electron chi connectivity index (χ4n) is 20.6. The van der Waals surface area contributed by atoms with Crippen LogP contribution in [0, 0.1) is 76.2 Å². The number of para-hydroxylation sites is 2. The lowest BCUT2D eigenvalue weighted by molar-refractivity contribution is 0.135. The Hall–Kier alpha value is -10.7. The Balaban J connectivity index is 0.000000132. The van der Waals surface area contributed by atoms with Crippen LogP contribution in [0.2, 0.25) is 25.1 Å². The number of fused-ring (bicyclic) bond motifs is 5. The summed E-state index contributed by atoms with van der Waals surface area (Å²) in [5.74, 6) is 0.611. The van der Waals surface area contributed by atoms with Crippen molar-refractivity contribution in [3.05, 3.63) is 284 Å². The van der Waals surface area contributed by atoms with Crippen LogP contribution < -0.4 is 29.2 Å². The molecule has 788 valence electrons. The maximum atomic E-state index is 13.2. The highest BCUT2D eigenvalue weighted by molar-refractivity contribution is 7.90. The number of piperidine rings is 5. The van der Waals surface area contributed by atoms with E-state index in [1.807, 2.05) is 106 Å². The van der Waals surface area contributed by atoms with Gasteiger partial charge in [-0.3, -0.25) is 24.5 Å². The van der Waals surface area contributed by atoms with E-state index in [9.17, 15) is 66.1 Å². The van der Waals surface area contributed by atoms with Crippen molar-refractivity contribution in [1.82, 2.24) is 21.5 Å². The first-order valence-corrected chi connectivity index (χ1v) is 58.0. The van der Waals surface area contributed by atoms with E-state index in [1.165, 1.54) is 21.5 Å². The molecule has 41 heteroatoms. The molecule has 0 N–H and O–H groups in total. The molecule has 0 aromatic heterocycles. The first kappa shape index (κ1) is 110. The molecule has 10 aliphatic heterocycles. The molecule has 0 bridgehead atoms. The second-order valence-electron chi connectivity index (χ2n) is 38.7. The Morgan fingerprint density at radius 1 is 0.264 bits per heavy atom. The number of hydrogen-bond acceptors (Lipinski definition) is 21. The molecule has 0 saturated carbocycles. The van der Waals surface area contributed by atoms with Crippen molar-refractivity contribution in [2.75, 3.05) is 97.1 Å². The van der Waals surface area contributed by atoms with E-state index in [1.54, 1.807) is 172 Å². The smallest absolute Gasteiger partial charge is 0.414 e. The van der Waals surface area contributed by atoms with Crippen LogP contribution in [0.4, 0.5) is 52.4 Å². The quantitative estimate of drug-likeness (QED) is 0.0811. The van der Waals surface area contributed by atoms with Crippen molar-refractivity contribution in [3.8, 4) is 5.75 Å². The number of carbonyl (C=O) groups is 5. The summed E-state index contributed by atoms with van der Waals surface area (Å²) in [7, 11) is -16.6. The lowest BCUT2D eigenvalue weighted by Gasteiger charge is -2.40. The molecule has 0 radical (unpaired) electrons. The van der Waals surface area contributed by atoms with Gasteiger partial charge in [0.15, 0.2) is 0 Å². The Morgan fingerprint density at radius 2 is 0.534 bits per heavy atom. The lowest BCUT2D eigenvalue weighted by atomic mass is 10.00. The molecular weight excluding hydrogens is 2100 g/mol. The number of methoxy groups -OCH3 is 1. The Morgan fingerprint density at radius 3 is 0.865 bits per heavy atom. The lowest BCUT2D eigenvalue weighted by Crippen LogP contribution is -2.50. The van der Waals surface area contributed by atoms with E-state index in [4.69, 9.17) is 86.4 Å². The number of anilines is 5. The summed E-state index contributed by atoms with van der Waals surface area (Å²) in [5.41, 5.74) is 17.7. The third kappa shape index (κ3) is 23.2. The summed E-state index contributed by atoms with van der Waals surface area (Å²) < 4.78 is 171. The molecule has 10 aliphatic rings. The highest BCUT2D eigenvalue weighted by atomic mass is 35.5. The fraction of sp³-hybridized carbons (Fsp3) is 0.393. The van der Waals surface area contributed by atoms with Gasteiger partial charge in [0.25, 0.3) is 0 Å². The minimum atomic E-state index is -3.64. The number of sulfonamides is 5. The van der Waals surface area contributed by atoms with Crippen LogP contribution >= 0.6 is 58.0 Å². The number of carbonyl (C=O) groups excluding carboxylic acids is 5. The standard InChI is InChI=1S/2C22H25ClN2O4S.C21H22Cl2N2O4S.C21H23ClN2O4S.C21H24N2O5S/c1-14-4-5-20-17(10-14)13-29-22(26)25(20)18-6-8-24(9-7-18)30(27,28)21-12-15(2)19(23)11-16(21)3;1-14-5-4-6-17-13-29-22(26)25(21(14)17)18-7-9-24(10-8-18)30(27,28)20-12-15(2)19(23)11-16(20)3;1-13-10-20(14(2)9-18(13)23)30(27,28)24-7-5-17(6-8-24)25-19-4-3-16(22)11-15(19)12-29-21(25)26;1-14-12-20(15(2)11-18(14)22)29(26,27)23-9-7-17(8-10-23)24-19-6-4-3-5-16(19)13-28-21(24)25;1-15-3-8-20-16(13-15)14-28-21(24)23(20)17-9-11-22(12-10-17)29(25,26)19-6-4-18(27-2)5-7-19/h4-5,10-12,18H,6-9,13H2,1-3H3;4-6,11-12,18H,7-10,13H2,1-3H3;3-4,9-11,17H,5-8,12H2,1-2H3;3-6,11-12,17H,7-10,13H2,1-2H3;3-8,13,17H,9-12,14H2,1-2H3. The molecule has 5 fully saturated rings. The maximum absolute atomic E-state index is 13.2. The first-order valence-electron chi connectivity index (χ1n) is 48.9. The monoisotopic (exact) mass is 2210 g/mol. The number of cyclic esters (lactones) is 5. The summed E-state index contributed by atoms with van der Waals surface area (Å²) in [5, 5.41) is 2.81. The number of hydrogen-bond donors (Lipinski definition) is 0. The SMILES string of the molecule is COc1ccc(S(=O)(=O)N2CCC(N3C(=O)OCc4cc(C)ccc43)CC2)cc1.Cc1cc(S(=O)(=O)N2CCC(N3C(=O)OCc4cc(Cl)ccc43)CC2)c(C)cc1Cl.Cc1cc(S(=O)(=O)N2CCC(N3C(=O)OCc4cccc(C)c43)CC2)c(C)cc1Cl.Cc1cc(S(=O)(=O)N2CCC(N3C(=O)OCc4ccccc43)CC2)c(C)cc1Cl.Cc1ccc2c(c1)COC(=O)N2C1CCN(S(=O)(=O)c2cc(C)c(Cl)cc2C)CC1. The molecule has 10 aromatic carbocycles. The van der Waals surface area contributed by atoms with Gasteiger partial charge in [0, 0.05) is 149 Å². The molecule has 5 saturated heterocycles. The summed E-state index contributed by atoms with van der Waals surface area (Å²) in [4.78, 5) is 72.3. The van der Waals surface area contributed by atoms with Crippen LogP contribution in [-0.2, 0) is 107 Å². The van der Waals surface area contributed by atoms with E-state index in [-0.39, 0.29) is 97.4 Å². The number of halogens is 5. The Labute approximate surface area is 890 Å². The maximum Gasteiger partial charge on any atom is 0.414 e. The summed E-state index contributed by atoms with van der Waals surface area (Å²) in [6.07, 6.45) is 3.57. The molecule has 20 rings (SSSR count). The zero-order valence-corrected chi connectivity index (χ0v) is 92.1. The number of amides is 5. The molecule has 5 amide bonds. The normalized spacial score (nSPS) is 18.3. The average molecular weight is 2220 g/mol. The van der Waals surface area contributed by atoms with Crippen LogP contribution in [0.15, 0.2) is 194 Å². The Kier molecular flexibility index (Phi) is 33.8. The summed E-state index contributed by atoms with van der Waals surface area (Å²) in [6, 6.07) is 50.0. The van der Waals surface area contributed by atoms with Gasteiger partial charge in [-0.1, -0.05) is 130 Å². The largest absolute Gasteiger partial charge is 0.497 e. The van der Waals surface area contributed by atoms with Gasteiger partial charge in [-0.05, 0) is 300 Å². The van der Waals surface area contributed by atoms with Gasteiger partial charge in [0.2, 0.25) is 50.1 Å². The number of ether oxygens (including phenoxy) is 6. The fourth-order valence-corrected chi connectivity index (χ4v) is 30.2. The van der Waals surface area contributed by atoms with Crippen LogP contribution in [0.1, 0.15) is 153 Å². The zero-order valence-electron chi connectivity index (χ0n) is 84.2. The first-order chi connectivity index (χ1) is 70.2. The van der Waals surface area contributed by atoms with Crippen molar-refractivity contribution in [3.63, 3.8) is 0 Å². The number of nitrogens with zero attached hydrogens (tertiary/aromatic N) is 10. The van der Waals surface area contributed by atoms with Crippen molar-refractivity contribution in [1.29, 1.82) is 0 Å². The van der Waals surface area contributed by atoms with Gasteiger partial charge in [-0.25, -0.2) is 66.1 Å². The van der Waals surface area contributed by atoms with Gasteiger partial charge in [0.1, 0.15) is 38.8 Å². The predicted molar refractivity (Wildman–Crippen MR) is 570 cm³/mol. The molecule has 10 aromatic rings. The highest BCUT2D eigenvalue weighted by Gasteiger charge is 2.46. The minimum absolute atomic E-state index is 0.0911. The molecule has 0 atom stereocenters. The number of benzene rings is 10. The van der Waals surface area contributed by atoms with Gasteiger partial charge >= 0.3 is 30.5 Å². The predicted octanol–water partition coefficient (Wildman–Crippen LogP) is 21.7. The van der Waals surface area contributed by atoms with Gasteiger partial charge in [-0.15, -0.1) is 0 Å². The zero-order chi connectivity index (χ0) is 106. The number of aryl methyl sites for hydroxylation is 11. The van der Waals surface area contributed by atoms with Crippen LogP contribution in [0.5, 0.6) is 5.75 Å². The molecule has 31 nitrogen and oxygen atoms in total. The molecule has 10 heterocycles. The third-order valence-electron chi connectivity index (χ3n) is 28.8. The van der Waals surface area contributed by atoms with Crippen LogP contribution in [0.25, 0.3) is 0 Å². The van der Waals surface area contributed by atoms with E-state index in [2.05, 4.69) is 0 Å². The van der Waals surface area contributed by atoms with Crippen LogP contribution in [-0.4, -0.2) is 197 Å². The van der Waals surface area contributed by atoms with E-state index in [0.717, 1.165) is 95.2 Å². The van der Waals surface area contributed by atoms with E-state index in [0.29, 0.717) is 197 Å². The van der Waals surface area contributed by atoms with Crippen molar-refractivity contribution in [2.45, 2.75) is 228 Å². The number of rotatable bonds is 16. The topological polar surface area (TPSA) is 344 Å². The van der Waals surface area contributed by atoms with Gasteiger partial charge < -0.3 is 28.4 Å². The van der Waals surface area contributed by atoms with Gasteiger partial charge in [-0.2, -0.15) is 21.5 Å². The molecule has 0 unspecified atom stereocenters. The average Bonchev–Trinajstić information content (AvgIpc) is 0.774. The van der Waals surface area contributed by atoms with Crippen molar-refractivity contribution < 1.29 is 94.5 Å². The Bertz CT molecular complexity index is 7240. The summed E-state index contributed by atoms with van der Waals surface area (Å²) in [6.45, 7) is 24.9. The minimum Gasteiger partial charge on any atom is -0.497 e. The van der Waals surface area contributed by atoms with Gasteiger partial charge in [0.05, 0.1) is 60.0 Å². The summed E-state index contributed by atoms with van der Waals surface area (Å²) >= 11 is 30.6.